The van der Waals surface area contributed by atoms with Crippen LogP contribution in [0.2, 0.25) is 0 Å². The van der Waals surface area contributed by atoms with Crippen molar-refractivity contribution in [3.8, 4) is 6.07 Å². The maximum absolute atomic E-state index is 14.4. The minimum atomic E-state index is -3.23. The summed E-state index contributed by atoms with van der Waals surface area (Å²) in [4.78, 5) is 20.4. The normalized spacial score (nSPS) is 11.2. The minimum absolute atomic E-state index is 0.116. The second kappa shape index (κ2) is 9.50. The lowest BCUT2D eigenvalue weighted by atomic mass is 10.1. The highest BCUT2D eigenvalue weighted by Crippen LogP contribution is 2.26. The van der Waals surface area contributed by atoms with Gasteiger partial charge in [0.25, 0.3) is 0 Å². The first-order valence-corrected chi connectivity index (χ1v) is 10.2. The average Bonchev–Trinajstić information content (AvgIpc) is 3.22. The summed E-state index contributed by atoms with van der Waals surface area (Å²) in [5.41, 5.74) is 6.93. The Morgan fingerprint density at radius 2 is 2.06 bits per heavy atom. The number of anilines is 2. The highest BCUT2D eigenvalue weighted by molar-refractivity contribution is 5.87. The molecule has 4 aromatic rings. The number of nitrogens with one attached hydrogen (secondary N) is 2. The summed E-state index contributed by atoms with van der Waals surface area (Å²) in [5, 5.41) is 19.0. The fourth-order valence-electron chi connectivity index (χ4n) is 3.23. The van der Waals surface area contributed by atoms with Gasteiger partial charge in [0.05, 0.1) is 29.6 Å². The predicted molar refractivity (Wildman–Crippen MR) is 120 cm³/mol. The number of amides is 1. The zero-order valence-corrected chi connectivity index (χ0v) is 17.8. The fraction of sp³-hybridized carbons (Fsp3) is 0.174. The van der Waals surface area contributed by atoms with E-state index in [2.05, 4.69) is 25.8 Å². The van der Waals surface area contributed by atoms with Gasteiger partial charge in [-0.1, -0.05) is 17.3 Å². The van der Waals surface area contributed by atoms with Crippen molar-refractivity contribution in [1.29, 1.82) is 5.26 Å². The number of pyridine rings is 2. The van der Waals surface area contributed by atoms with Crippen LogP contribution in [-0.2, 0) is 23.7 Å². The van der Waals surface area contributed by atoms with E-state index in [1.807, 2.05) is 6.07 Å². The molecule has 172 valence electrons. The van der Waals surface area contributed by atoms with Crippen molar-refractivity contribution in [2.75, 3.05) is 17.6 Å². The monoisotopic (exact) mass is 463 g/mol. The standard InChI is InChI=1S/C23H19F2N7O2/c24-23(25,19-3-1-2-8-28-19)13-30-20-7-5-15(11-26)17(31-20)10-21(33)29-12-14-4-6-16-18(9-14)34-32-22(16)27/h1-9H,10,12-13H2,(H2,27,32)(H,29,33)(H,30,31). The molecule has 4 rings (SSSR count). The number of nitrogen functional groups attached to an aromatic ring is 1. The number of fused-ring (bicyclic) bond motifs is 1. The number of carbonyl (C=O) groups excluding carboxylic acids is 1. The van der Waals surface area contributed by atoms with E-state index in [0.29, 0.717) is 11.0 Å². The number of nitrogens with zero attached hydrogens (tertiary/aromatic N) is 4. The van der Waals surface area contributed by atoms with Gasteiger partial charge < -0.3 is 20.9 Å². The van der Waals surface area contributed by atoms with Gasteiger partial charge >= 0.3 is 5.92 Å². The fourth-order valence-corrected chi connectivity index (χ4v) is 3.23. The molecule has 0 aliphatic rings. The van der Waals surface area contributed by atoms with E-state index < -0.39 is 18.4 Å². The van der Waals surface area contributed by atoms with Crippen molar-refractivity contribution in [2.24, 2.45) is 0 Å². The molecule has 0 bridgehead atoms. The van der Waals surface area contributed by atoms with Gasteiger partial charge in [0.15, 0.2) is 11.4 Å². The van der Waals surface area contributed by atoms with Gasteiger partial charge in [-0.15, -0.1) is 0 Å². The number of benzene rings is 1. The Balaban J connectivity index is 1.39. The van der Waals surface area contributed by atoms with E-state index in [4.69, 9.17) is 10.3 Å². The van der Waals surface area contributed by atoms with Gasteiger partial charge in [-0.05, 0) is 42.0 Å². The van der Waals surface area contributed by atoms with E-state index in [-0.39, 0.29) is 41.6 Å². The first-order chi connectivity index (χ1) is 16.4. The summed E-state index contributed by atoms with van der Waals surface area (Å²) in [7, 11) is 0. The number of hydrogen-bond acceptors (Lipinski definition) is 8. The van der Waals surface area contributed by atoms with Crippen LogP contribution in [0.15, 0.2) is 59.3 Å². The Hall–Kier alpha value is -4.59. The molecule has 0 aliphatic carbocycles. The molecule has 0 saturated heterocycles. The minimum Gasteiger partial charge on any atom is -0.380 e. The molecule has 0 aliphatic heterocycles. The molecule has 11 heteroatoms. The Labute approximate surface area is 192 Å². The number of alkyl halides is 2. The van der Waals surface area contributed by atoms with Crippen LogP contribution in [0.3, 0.4) is 0 Å². The summed E-state index contributed by atoms with van der Waals surface area (Å²) < 4.78 is 33.9. The van der Waals surface area contributed by atoms with Crippen LogP contribution in [0.5, 0.6) is 0 Å². The van der Waals surface area contributed by atoms with Crippen molar-refractivity contribution in [1.82, 2.24) is 20.4 Å². The molecule has 3 aromatic heterocycles. The van der Waals surface area contributed by atoms with Crippen molar-refractivity contribution < 1.29 is 18.1 Å². The molecular formula is C23H19F2N7O2. The first-order valence-electron chi connectivity index (χ1n) is 10.2. The van der Waals surface area contributed by atoms with Crippen molar-refractivity contribution in [3.63, 3.8) is 0 Å². The highest BCUT2D eigenvalue weighted by Gasteiger charge is 2.32. The average molecular weight is 463 g/mol. The lowest BCUT2D eigenvalue weighted by Crippen LogP contribution is -2.27. The van der Waals surface area contributed by atoms with Gasteiger partial charge in [0.2, 0.25) is 5.91 Å². The molecule has 0 unspecified atom stereocenters. The Morgan fingerprint density at radius 3 is 2.82 bits per heavy atom. The number of hydrogen-bond donors (Lipinski definition) is 3. The van der Waals surface area contributed by atoms with E-state index >= 15 is 0 Å². The molecule has 34 heavy (non-hydrogen) atoms. The summed E-state index contributed by atoms with van der Waals surface area (Å²) in [6, 6.07) is 14.3. The van der Waals surface area contributed by atoms with Crippen LogP contribution in [0.4, 0.5) is 20.4 Å². The summed E-state index contributed by atoms with van der Waals surface area (Å²) in [6.45, 7) is -0.547. The molecule has 0 saturated carbocycles. The summed E-state index contributed by atoms with van der Waals surface area (Å²) in [5.74, 6) is -3.22. The van der Waals surface area contributed by atoms with E-state index in [1.165, 1.54) is 30.5 Å². The molecule has 0 radical (unpaired) electrons. The van der Waals surface area contributed by atoms with Gasteiger partial charge in [-0.25, -0.2) is 4.98 Å². The van der Waals surface area contributed by atoms with Gasteiger partial charge in [-0.3, -0.25) is 9.78 Å². The topological polar surface area (TPSA) is 143 Å². The number of aromatic nitrogens is 3. The zero-order valence-electron chi connectivity index (χ0n) is 17.8. The third-order valence-corrected chi connectivity index (χ3v) is 5.01. The van der Waals surface area contributed by atoms with E-state index in [9.17, 15) is 18.8 Å². The SMILES string of the molecule is N#Cc1ccc(NCC(F)(F)c2ccccn2)nc1CC(=O)NCc1ccc2c(N)noc2c1. The lowest BCUT2D eigenvalue weighted by Gasteiger charge is -2.17. The zero-order chi connectivity index (χ0) is 24.1. The maximum atomic E-state index is 14.4. The number of halogens is 2. The molecular weight excluding hydrogens is 444 g/mol. The molecule has 0 spiro atoms. The van der Waals surface area contributed by atoms with E-state index in [0.717, 1.165) is 5.56 Å². The molecule has 9 nitrogen and oxygen atoms in total. The van der Waals surface area contributed by atoms with Crippen LogP contribution in [0.25, 0.3) is 11.0 Å². The molecule has 0 atom stereocenters. The molecule has 0 fully saturated rings. The van der Waals surface area contributed by atoms with Crippen molar-refractivity contribution >= 4 is 28.5 Å². The second-order valence-corrected chi connectivity index (χ2v) is 7.43. The largest absolute Gasteiger partial charge is 0.380 e. The third-order valence-electron chi connectivity index (χ3n) is 5.01. The molecule has 4 N–H and O–H groups in total. The van der Waals surface area contributed by atoms with Crippen LogP contribution < -0.4 is 16.4 Å². The third kappa shape index (κ3) is 5.07. The van der Waals surface area contributed by atoms with Gasteiger partial charge in [0, 0.05) is 12.7 Å². The number of nitriles is 1. The maximum Gasteiger partial charge on any atom is 0.306 e. The number of carbonyl (C=O) groups is 1. The smallest absolute Gasteiger partial charge is 0.306 e. The quantitative estimate of drug-likeness (QED) is 0.362. The highest BCUT2D eigenvalue weighted by atomic mass is 19.3. The van der Waals surface area contributed by atoms with E-state index in [1.54, 1.807) is 24.3 Å². The van der Waals surface area contributed by atoms with Crippen LogP contribution in [0.1, 0.15) is 22.5 Å². The Kier molecular flexibility index (Phi) is 6.31. The van der Waals surface area contributed by atoms with Crippen LogP contribution >= 0.6 is 0 Å². The Morgan fingerprint density at radius 1 is 1.21 bits per heavy atom. The molecule has 1 amide bonds. The summed E-state index contributed by atoms with van der Waals surface area (Å²) >= 11 is 0. The van der Waals surface area contributed by atoms with Gasteiger partial charge in [-0.2, -0.15) is 14.0 Å². The summed E-state index contributed by atoms with van der Waals surface area (Å²) in [6.07, 6.45) is 1.09. The molecule has 1 aromatic carbocycles. The van der Waals surface area contributed by atoms with Crippen molar-refractivity contribution in [3.05, 3.63) is 77.2 Å². The number of rotatable bonds is 8. The predicted octanol–water partition coefficient (Wildman–Crippen LogP) is 3.13. The van der Waals surface area contributed by atoms with Crippen LogP contribution in [-0.4, -0.2) is 27.6 Å². The lowest BCUT2D eigenvalue weighted by molar-refractivity contribution is -0.120. The molecule has 3 heterocycles. The first kappa shape index (κ1) is 22.6. The second-order valence-electron chi connectivity index (χ2n) is 7.43. The van der Waals surface area contributed by atoms with Gasteiger partial charge in [0.1, 0.15) is 17.6 Å². The number of nitrogens with two attached hydrogens (primary N) is 1. The van der Waals surface area contributed by atoms with Crippen molar-refractivity contribution in [2.45, 2.75) is 18.9 Å². The van der Waals surface area contributed by atoms with Crippen LogP contribution in [0, 0.1) is 11.3 Å². The Bertz CT molecular complexity index is 1370.